The molecule has 0 atom stereocenters. The highest BCUT2D eigenvalue weighted by Gasteiger charge is 2.28. The Bertz CT molecular complexity index is 968. The van der Waals surface area contributed by atoms with Gasteiger partial charge in [-0.25, -0.2) is 4.79 Å². The van der Waals surface area contributed by atoms with Gasteiger partial charge in [-0.15, -0.1) is 11.3 Å². The Hall–Kier alpha value is -3.34. The number of benzene rings is 1. The number of rotatable bonds is 7. The Kier molecular flexibility index (Phi) is 6.41. The number of hydrogen-bond donors (Lipinski definition) is 1. The minimum Gasteiger partial charge on any atom is -0.462 e. The van der Waals surface area contributed by atoms with Crippen molar-refractivity contribution in [2.75, 3.05) is 11.9 Å². The number of anilines is 1. The molecule has 1 N–H and O–H groups in total. The number of nitrogens with zero attached hydrogens (tertiary/aromatic N) is 2. The summed E-state index contributed by atoms with van der Waals surface area (Å²) in [4.78, 5) is 46.2. The van der Waals surface area contributed by atoms with Crippen molar-refractivity contribution in [2.45, 2.75) is 27.2 Å². The van der Waals surface area contributed by atoms with Crippen molar-refractivity contribution in [2.24, 2.45) is 0 Å². The molecule has 2 rings (SSSR count). The topological polar surface area (TPSA) is 142 Å². The SMILES string of the molecule is CCOC(=O)c1c(NC(=O)c2ccc([N+](=O)[O-])cc2[N+](=O)[O-])sc(C)c1CC. The first kappa shape index (κ1) is 21.0. The van der Waals surface area contributed by atoms with Crippen LogP contribution in [0.2, 0.25) is 0 Å². The van der Waals surface area contributed by atoms with Gasteiger partial charge in [0.1, 0.15) is 10.6 Å². The molecular weight excluding hydrogens is 390 g/mol. The van der Waals surface area contributed by atoms with Crippen molar-refractivity contribution < 1.29 is 24.2 Å². The van der Waals surface area contributed by atoms with Crippen LogP contribution < -0.4 is 5.32 Å². The summed E-state index contributed by atoms with van der Waals surface area (Å²) in [6.45, 7) is 5.44. The van der Waals surface area contributed by atoms with Gasteiger partial charge in [-0.05, 0) is 31.9 Å². The monoisotopic (exact) mass is 407 g/mol. The van der Waals surface area contributed by atoms with Crippen molar-refractivity contribution >= 4 is 39.6 Å². The molecule has 1 heterocycles. The zero-order chi connectivity index (χ0) is 21.0. The van der Waals surface area contributed by atoms with Crippen molar-refractivity contribution in [3.8, 4) is 0 Å². The molecule has 1 aromatic carbocycles. The number of hydrogen-bond acceptors (Lipinski definition) is 8. The summed E-state index contributed by atoms with van der Waals surface area (Å²) >= 11 is 1.15. The van der Waals surface area contributed by atoms with E-state index in [2.05, 4.69) is 5.32 Å². The Labute approximate surface area is 163 Å². The fraction of sp³-hybridized carbons (Fsp3) is 0.294. The second-order valence-electron chi connectivity index (χ2n) is 5.58. The molecule has 148 valence electrons. The van der Waals surface area contributed by atoms with E-state index in [1.807, 2.05) is 6.92 Å². The Morgan fingerprint density at radius 3 is 2.39 bits per heavy atom. The molecule has 0 saturated heterocycles. The van der Waals surface area contributed by atoms with Crippen LogP contribution >= 0.6 is 11.3 Å². The zero-order valence-corrected chi connectivity index (χ0v) is 16.1. The molecule has 0 aliphatic rings. The van der Waals surface area contributed by atoms with Crippen LogP contribution in [0.15, 0.2) is 18.2 Å². The highest BCUT2D eigenvalue weighted by Crippen LogP contribution is 2.35. The van der Waals surface area contributed by atoms with E-state index in [0.717, 1.165) is 40.0 Å². The van der Waals surface area contributed by atoms with Crippen molar-refractivity contribution in [1.82, 2.24) is 0 Å². The third-order valence-corrected chi connectivity index (χ3v) is 4.97. The summed E-state index contributed by atoms with van der Waals surface area (Å²) < 4.78 is 5.05. The number of esters is 1. The minimum absolute atomic E-state index is 0.151. The molecule has 0 aliphatic heterocycles. The molecule has 0 bridgehead atoms. The number of nitrogens with one attached hydrogen (secondary N) is 1. The number of non-ortho nitro benzene ring substituents is 1. The summed E-state index contributed by atoms with van der Waals surface area (Å²) in [6.07, 6.45) is 0.532. The van der Waals surface area contributed by atoms with Crippen LogP contribution in [-0.2, 0) is 11.2 Å². The van der Waals surface area contributed by atoms with Gasteiger partial charge >= 0.3 is 5.97 Å². The molecule has 0 aliphatic carbocycles. The van der Waals surface area contributed by atoms with Crippen molar-refractivity contribution in [3.63, 3.8) is 0 Å². The van der Waals surface area contributed by atoms with E-state index in [1.165, 1.54) is 0 Å². The van der Waals surface area contributed by atoms with Crippen LogP contribution in [0.4, 0.5) is 16.4 Å². The van der Waals surface area contributed by atoms with E-state index < -0.39 is 33.1 Å². The molecule has 2 aromatic rings. The van der Waals surface area contributed by atoms with Gasteiger partial charge in [-0.3, -0.25) is 25.0 Å². The summed E-state index contributed by atoms with van der Waals surface area (Å²) in [5.41, 5.74) is -0.625. The van der Waals surface area contributed by atoms with Gasteiger partial charge < -0.3 is 10.1 Å². The number of nitro benzene ring substituents is 2. The van der Waals surface area contributed by atoms with Gasteiger partial charge in [0, 0.05) is 10.9 Å². The number of aryl methyl sites for hydroxylation is 1. The normalized spacial score (nSPS) is 10.4. The number of thiophene rings is 1. The van der Waals surface area contributed by atoms with Gasteiger partial charge in [-0.1, -0.05) is 6.92 Å². The number of nitro groups is 2. The summed E-state index contributed by atoms with van der Waals surface area (Å²) in [5.74, 6) is -1.45. The van der Waals surface area contributed by atoms with Crippen molar-refractivity contribution in [3.05, 3.63) is 60.0 Å². The molecule has 1 aromatic heterocycles. The molecule has 28 heavy (non-hydrogen) atoms. The van der Waals surface area contributed by atoms with Gasteiger partial charge in [0.2, 0.25) is 0 Å². The van der Waals surface area contributed by atoms with Crippen LogP contribution in [0.1, 0.15) is 45.0 Å². The van der Waals surface area contributed by atoms with E-state index >= 15 is 0 Å². The van der Waals surface area contributed by atoms with E-state index in [1.54, 1.807) is 13.8 Å². The smallest absolute Gasteiger partial charge is 0.341 e. The largest absolute Gasteiger partial charge is 0.462 e. The van der Waals surface area contributed by atoms with Gasteiger partial charge in [-0.2, -0.15) is 0 Å². The maximum absolute atomic E-state index is 12.6. The van der Waals surface area contributed by atoms with Gasteiger partial charge in [0.15, 0.2) is 0 Å². The molecular formula is C17H17N3O7S. The highest BCUT2D eigenvalue weighted by atomic mass is 32.1. The first-order valence-corrected chi connectivity index (χ1v) is 9.06. The number of carbonyl (C=O) groups is 2. The Balaban J connectivity index is 2.47. The number of ether oxygens (including phenoxy) is 1. The maximum Gasteiger partial charge on any atom is 0.341 e. The average molecular weight is 407 g/mol. The van der Waals surface area contributed by atoms with E-state index in [0.29, 0.717) is 6.42 Å². The Morgan fingerprint density at radius 1 is 1.18 bits per heavy atom. The average Bonchev–Trinajstić information content (AvgIpc) is 2.96. The summed E-state index contributed by atoms with van der Waals surface area (Å²) in [5, 5.41) is 24.8. The lowest BCUT2D eigenvalue weighted by atomic mass is 10.1. The predicted molar refractivity (Wildman–Crippen MR) is 102 cm³/mol. The van der Waals surface area contributed by atoms with E-state index in [4.69, 9.17) is 4.74 Å². The van der Waals surface area contributed by atoms with E-state index in [9.17, 15) is 29.8 Å². The lowest BCUT2D eigenvalue weighted by Crippen LogP contribution is -2.16. The van der Waals surface area contributed by atoms with Gasteiger partial charge in [0.25, 0.3) is 17.3 Å². The predicted octanol–water partition coefficient (Wildman–Crippen LogP) is 3.86. The number of amides is 1. The maximum atomic E-state index is 12.6. The third-order valence-electron chi connectivity index (χ3n) is 3.90. The van der Waals surface area contributed by atoms with Crippen LogP contribution in [0.3, 0.4) is 0 Å². The zero-order valence-electron chi connectivity index (χ0n) is 15.3. The van der Waals surface area contributed by atoms with Crippen LogP contribution in [0.25, 0.3) is 0 Å². The Morgan fingerprint density at radius 2 is 1.86 bits per heavy atom. The van der Waals surface area contributed by atoms with Crippen LogP contribution in [0, 0.1) is 27.2 Å². The lowest BCUT2D eigenvalue weighted by Gasteiger charge is -2.08. The molecule has 10 nitrogen and oxygen atoms in total. The standard InChI is InChI=1S/C17H17N3O7S/c1-4-11-9(3)28-16(14(11)17(22)27-5-2)18-15(21)12-7-6-10(19(23)24)8-13(12)20(25)26/h6-8H,4-5H2,1-3H3,(H,18,21). The second kappa shape index (κ2) is 8.57. The van der Waals surface area contributed by atoms with Crippen LogP contribution in [-0.4, -0.2) is 28.3 Å². The molecule has 0 radical (unpaired) electrons. The fourth-order valence-electron chi connectivity index (χ4n) is 2.66. The minimum atomic E-state index is -0.870. The van der Waals surface area contributed by atoms with Crippen LogP contribution in [0.5, 0.6) is 0 Å². The molecule has 0 spiro atoms. The molecule has 0 unspecified atom stereocenters. The lowest BCUT2D eigenvalue weighted by molar-refractivity contribution is -0.394. The first-order chi connectivity index (χ1) is 13.2. The van der Waals surface area contributed by atoms with E-state index in [-0.39, 0.29) is 22.7 Å². The second-order valence-corrected chi connectivity index (χ2v) is 6.81. The summed E-state index contributed by atoms with van der Waals surface area (Å²) in [7, 11) is 0. The quantitative estimate of drug-likeness (QED) is 0.417. The summed E-state index contributed by atoms with van der Waals surface area (Å²) in [6, 6.07) is 2.74. The molecule has 0 fully saturated rings. The van der Waals surface area contributed by atoms with Gasteiger partial charge in [0.05, 0.1) is 28.1 Å². The molecule has 1 amide bonds. The molecule has 11 heteroatoms. The molecule has 0 saturated carbocycles. The first-order valence-electron chi connectivity index (χ1n) is 8.24. The van der Waals surface area contributed by atoms with Crippen molar-refractivity contribution in [1.29, 1.82) is 0 Å². The third kappa shape index (κ3) is 4.14. The number of carbonyl (C=O) groups excluding carboxylic acids is 2. The highest BCUT2D eigenvalue weighted by molar-refractivity contribution is 7.16. The fourth-order valence-corrected chi connectivity index (χ4v) is 3.79.